The molecule has 0 spiro atoms. The summed E-state index contributed by atoms with van der Waals surface area (Å²) in [4.78, 5) is 37.8. The van der Waals surface area contributed by atoms with Gasteiger partial charge in [0.1, 0.15) is 0 Å². The van der Waals surface area contributed by atoms with Gasteiger partial charge in [-0.2, -0.15) is 0 Å². The van der Waals surface area contributed by atoms with Crippen LogP contribution in [0.4, 0.5) is 5.69 Å². The summed E-state index contributed by atoms with van der Waals surface area (Å²) < 4.78 is 0.887. The molecular weight excluding hydrogens is 362 g/mol. The van der Waals surface area contributed by atoms with E-state index in [1.807, 2.05) is 31.2 Å². The van der Waals surface area contributed by atoms with Gasteiger partial charge in [-0.15, -0.1) is 0 Å². The van der Waals surface area contributed by atoms with Gasteiger partial charge in [0, 0.05) is 23.1 Å². The van der Waals surface area contributed by atoms with Crippen molar-refractivity contribution in [1.82, 2.24) is 5.32 Å². The minimum absolute atomic E-state index is 0.200. The molecule has 0 unspecified atom stereocenters. The summed E-state index contributed by atoms with van der Waals surface area (Å²) in [6.45, 7) is 5.68. The lowest BCUT2D eigenvalue weighted by molar-refractivity contribution is -0.142. The number of benzene rings is 1. The van der Waals surface area contributed by atoms with Crippen LogP contribution < -0.4 is 16.0 Å². The van der Waals surface area contributed by atoms with Crippen LogP contribution in [0.15, 0.2) is 28.7 Å². The van der Waals surface area contributed by atoms with E-state index in [-0.39, 0.29) is 18.7 Å². The van der Waals surface area contributed by atoms with Crippen LogP contribution in [0.2, 0.25) is 0 Å². The average molecular weight is 384 g/mol. The van der Waals surface area contributed by atoms with E-state index in [2.05, 4.69) is 21.2 Å². The molecule has 0 saturated carbocycles. The molecule has 1 atom stereocenters. The van der Waals surface area contributed by atoms with Gasteiger partial charge < -0.3 is 16.0 Å². The summed E-state index contributed by atoms with van der Waals surface area (Å²) in [7, 11) is 0. The predicted molar refractivity (Wildman–Crippen MR) is 92.8 cm³/mol. The van der Waals surface area contributed by atoms with Crippen molar-refractivity contribution < 1.29 is 14.4 Å². The fourth-order valence-electron chi connectivity index (χ4n) is 2.50. The first-order chi connectivity index (χ1) is 10.8. The number of amides is 2. The molecule has 0 radical (unpaired) electrons. The molecule has 23 heavy (non-hydrogen) atoms. The minimum Gasteiger partial charge on any atom is -0.363 e. The molecule has 1 rings (SSSR count). The van der Waals surface area contributed by atoms with E-state index in [0.29, 0.717) is 12.2 Å². The highest BCUT2D eigenvalue weighted by atomic mass is 79.9. The van der Waals surface area contributed by atoms with Crippen molar-refractivity contribution in [2.45, 2.75) is 39.3 Å². The number of primary amides is 1. The number of nitrogens with zero attached hydrogens (tertiary/aromatic N) is 1. The molecule has 3 N–H and O–H groups in total. The first-order valence-corrected chi connectivity index (χ1v) is 8.30. The minimum atomic E-state index is -1.48. The SMILES string of the molecule is CCC(=O)N[C@](CC)(C(=O)C(N)=O)N(CC)c1ccc(Br)cc1. The third-order valence-electron chi connectivity index (χ3n) is 3.69. The summed E-state index contributed by atoms with van der Waals surface area (Å²) in [5.41, 5.74) is 4.46. The number of hydrogen-bond acceptors (Lipinski definition) is 4. The number of carbonyl (C=O) groups is 3. The summed E-state index contributed by atoms with van der Waals surface area (Å²) in [5.74, 6) is -2.22. The van der Waals surface area contributed by atoms with Crippen molar-refractivity contribution in [2.75, 3.05) is 11.4 Å². The number of Topliss-reactive ketones (excluding diaryl/α,β-unsaturated/α-hetero) is 1. The van der Waals surface area contributed by atoms with Gasteiger partial charge in [0.25, 0.3) is 11.7 Å². The molecule has 6 nitrogen and oxygen atoms in total. The Hall–Kier alpha value is -1.89. The van der Waals surface area contributed by atoms with E-state index in [1.165, 1.54) is 0 Å². The van der Waals surface area contributed by atoms with Crippen molar-refractivity contribution in [3.8, 4) is 0 Å². The van der Waals surface area contributed by atoms with Gasteiger partial charge in [0.15, 0.2) is 5.66 Å². The van der Waals surface area contributed by atoms with Crippen LogP contribution in [0.25, 0.3) is 0 Å². The average Bonchev–Trinajstić information content (AvgIpc) is 2.55. The molecule has 0 fully saturated rings. The van der Waals surface area contributed by atoms with Crippen LogP contribution in [0, 0.1) is 0 Å². The van der Waals surface area contributed by atoms with Crippen LogP contribution in [0.1, 0.15) is 33.6 Å². The van der Waals surface area contributed by atoms with Gasteiger partial charge in [-0.25, -0.2) is 0 Å². The number of hydrogen-bond donors (Lipinski definition) is 2. The number of carbonyl (C=O) groups excluding carboxylic acids is 3. The molecule has 0 aliphatic rings. The second kappa shape index (κ2) is 8.10. The highest BCUT2D eigenvalue weighted by Gasteiger charge is 2.45. The molecule has 0 aromatic heterocycles. The van der Waals surface area contributed by atoms with E-state index >= 15 is 0 Å². The zero-order valence-electron chi connectivity index (χ0n) is 13.6. The van der Waals surface area contributed by atoms with E-state index < -0.39 is 17.4 Å². The number of ketones is 1. The van der Waals surface area contributed by atoms with Crippen molar-refractivity contribution in [3.05, 3.63) is 28.7 Å². The summed E-state index contributed by atoms with van der Waals surface area (Å²) in [6, 6.07) is 7.28. The second-order valence-electron chi connectivity index (χ2n) is 5.03. The predicted octanol–water partition coefficient (Wildman–Crippen LogP) is 1.96. The van der Waals surface area contributed by atoms with Crippen LogP contribution in [-0.4, -0.2) is 29.8 Å². The summed E-state index contributed by atoms with van der Waals surface area (Å²) in [6.07, 6.45) is 0.413. The number of rotatable bonds is 8. The summed E-state index contributed by atoms with van der Waals surface area (Å²) in [5, 5.41) is 2.70. The Labute approximate surface area is 144 Å². The molecule has 126 valence electrons. The van der Waals surface area contributed by atoms with Gasteiger partial charge in [-0.1, -0.05) is 29.8 Å². The Morgan fingerprint density at radius 2 is 1.74 bits per heavy atom. The van der Waals surface area contributed by atoms with Gasteiger partial charge in [-0.3, -0.25) is 14.4 Å². The van der Waals surface area contributed by atoms with Crippen LogP contribution in [-0.2, 0) is 14.4 Å². The zero-order valence-corrected chi connectivity index (χ0v) is 15.1. The fourth-order valence-corrected chi connectivity index (χ4v) is 2.77. The van der Waals surface area contributed by atoms with E-state index in [4.69, 9.17) is 5.73 Å². The van der Waals surface area contributed by atoms with Gasteiger partial charge >= 0.3 is 0 Å². The first kappa shape index (κ1) is 19.2. The van der Waals surface area contributed by atoms with Crippen molar-refractivity contribution in [1.29, 1.82) is 0 Å². The Morgan fingerprint density at radius 3 is 2.13 bits per heavy atom. The lowest BCUT2D eigenvalue weighted by Gasteiger charge is -2.43. The van der Waals surface area contributed by atoms with Crippen molar-refractivity contribution in [3.63, 3.8) is 0 Å². The van der Waals surface area contributed by atoms with Crippen LogP contribution in [0.3, 0.4) is 0 Å². The van der Waals surface area contributed by atoms with Crippen LogP contribution >= 0.6 is 15.9 Å². The van der Waals surface area contributed by atoms with Gasteiger partial charge in [0.05, 0.1) is 0 Å². The highest BCUT2D eigenvalue weighted by Crippen LogP contribution is 2.27. The van der Waals surface area contributed by atoms with Crippen molar-refractivity contribution in [2.24, 2.45) is 5.73 Å². The normalized spacial score (nSPS) is 13.0. The maximum Gasteiger partial charge on any atom is 0.289 e. The molecule has 0 aliphatic carbocycles. The largest absolute Gasteiger partial charge is 0.363 e. The molecule has 1 aromatic rings. The molecule has 7 heteroatoms. The third-order valence-corrected chi connectivity index (χ3v) is 4.22. The number of nitrogens with two attached hydrogens (primary N) is 1. The fraction of sp³-hybridized carbons (Fsp3) is 0.438. The molecule has 2 amide bonds. The van der Waals surface area contributed by atoms with E-state index in [9.17, 15) is 14.4 Å². The molecule has 0 aliphatic heterocycles. The number of halogens is 1. The van der Waals surface area contributed by atoms with Crippen molar-refractivity contribution >= 4 is 39.2 Å². The quantitative estimate of drug-likeness (QED) is 0.530. The Morgan fingerprint density at radius 1 is 1.17 bits per heavy atom. The third kappa shape index (κ3) is 4.10. The van der Waals surface area contributed by atoms with E-state index in [1.54, 1.807) is 18.7 Å². The molecule has 0 heterocycles. The Bertz CT molecular complexity index is 589. The number of anilines is 1. The van der Waals surface area contributed by atoms with E-state index in [0.717, 1.165) is 4.47 Å². The maximum absolute atomic E-state index is 12.5. The molecule has 0 saturated heterocycles. The number of likely N-dealkylation sites (N-methyl/N-ethyl adjacent to an activating group) is 1. The highest BCUT2D eigenvalue weighted by molar-refractivity contribution is 9.10. The number of nitrogens with one attached hydrogen (secondary N) is 1. The van der Waals surface area contributed by atoms with Crippen LogP contribution in [0.5, 0.6) is 0 Å². The van der Waals surface area contributed by atoms with Gasteiger partial charge in [0.2, 0.25) is 5.91 Å². The topological polar surface area (TPSA) is 92.5 Å². The molecule has 1 aromatic carbocycles. The smallest absolute Gasteiger partial charge is 0.289 e. The van der Waals surface area contributed by atoms with Gasteiger partial charge in [-0.05, 0) is 37.6 Å². The second-order valence-corrected chi connectivity index (χ2v) is 5.95. The maximum atomic E-state index is 12.5. The monoisotopic (exact) mass is 383 g/mol. The molecule has 0 bridgehead atoms. The Balaban J connectivity index is 3.44. The Kier molecular flexibility index (Phi) is 6.75. The lowest BCUT2D eigenvalue weighted by atomic mass is 9.96. The first-order valence-electron chi connectivity index (χ1n) is 7.50. The standard InChI is InChI=1S/C16H22BrN3O3/c1-4-13(21)19-16(5-2,14(22)15(18)23)20(6-3)12-9-7-11(17)8-10-12/h7-10H,4-6H2,1-3H3,(H2,18,23)(H,19,21)/t16-/m0/s1. The summed E-state index contributed by atoms with van der Waals surface area (Å²) >= 11 is 3.36. The zero-order chi connectivity index (χ0) is 17.6. The lowest BCUT2D eigenvalue weighted by Crippen LogP contribution is -2.68. The molecular formula is C16H22BrN3O3.